The number of benzene rings is 1. The van der Waals surface area contributed by atoms with E-state index in [4.69, 9.17) is 10.8 Å². The van der Waals surface area contributed by atoms with Gasteiger partial charge in [-0.2, -0.15) is 0 Å². The van der Waals surface area contributed by atoms with Crippen LogP contribution in [-0.2, 0) is 6.42 Å². The summed E-state index contributed by atoms with van der Waals surface area (Å²) in [6.07, 6.45) is 1.16. The third kappa shape index (κ3) is 3.61. The van der Waals surface area contributed by atoms with Crippen molar-refractivity contribution in [1.82, 2.24) is 0 Å². The van der Waals surface area contributed by atoms with Gasteiger partial charge in [-0.25, -0.2) is 4.39 Å². The standard InChI is InChI=1S/C12H18FNO/c1-10-2-4-11(5-3-10)6-7-12(14,8-13)9-15/h2-5,15H,6-9,14H2,1H3/t12-/m0/s1. The number of hydrogen-bond acceptors (Lipinski definition) is 2. The van der Waals surface area contributed by atoms with Gasteiger partial charge in [0.25, 0.3) is 0 Å². The van der Waals surface area contributed by atoms with Crippen molar-refractivity contribution in [3.05, 3.63) is 35.4 Å². The third-order valence-electron chi connectivity index (χ3n) is 2.61. The molecule has 0 saturated carbocycles. The first-order chi connectivity index (χ1) is 7.09. The average Bonchev–Trinajstić information content (AvgIpc) is 2.28. The van der Waals surface area contributed by atoms with Gasteiger partial charge in [0, 0.05) is 0 Å². The van der Waals surface area contributed by atoms with E-state index in [0.717, 1.165) is 5.56 Å². The normalized spacial score (nSPS) is 14.9. The van der Waals surface area contributed by atoms with Crippen LogP contribution in [0.1, 0.15) is 17.5 Å². The summed E-state index contributed by atoms with van der Waals surface area (Å²) < 4.78 is 12.5. The molecule has 0 fully saturated rings. The first-order valence-electron chi connectivity index (χ1n) is 5.11. The van der Waals surface area contributed by atoms with Crippen LogP contribution >= 0.6 is 0 Å². The lowest BCUT2D eigenvalue weighted by Gasteiger charge is -2.23. The van der Waals surface area contributed by atoms with Crippen LogP contribution in [-0.4, -0.2) is 23.9 Å². The summed E-state index contributed by atoms with van der Waals surface area (Å²) in [7, 11) is 0. The number of alkyl halides is 1. The smallest absolute Gasteiger partial charge is 0.110 e. The van der Waals surface area contributed by atoms with E-state index in [9.17, 15) is 4.39 Å². The van der Waals surface area contributed by atoms with Gasteiger partial charge in [-0.15, -0.1) is 0 Å². The number of aliphatic hydroxyl groups excluding tert-OH is 1. The number of hydrogen-bond donors (Lipinski definition) is 2. The van der Waals surface area contributed by atoms with Gasteiger partial charge in [-0.1, -0.05) is 29.8 Å². The van der Waals surface area contributed by atoms with Gasteiger partial charge in [-0.05, 0) is 25.3 Å². The molecule has 3 heteroatoms. The van der Waals surface area contributed by atoms with E-state index in [2.05, 4.69) is 0 Å². The molecule has 0 aliphatic heterocycles. The molecule has 1 atom stereocenters. The minimum atomic E-state index is -1.08. The summed E-state index contributed by atoms with van der Waals surface area (Å²) >= 11 is 0. The minimum Gasteiger partial charge on any atom is -0.394 e. The zero-order valence-corrected chi connectivity index (χ0v) is 9.04. The van der Waals surface area contributed by atoms with Gasteiger partial charge < -0.3 is 10.8 Å². The number of halogens is 1. The molecule has 0 radical (unpaired) electrons. The summed E-state index contributed by atoms with van der Waals surface area (Å²) in [5.74, 6) is 0. The molecule has 0 saturated heterocycles. The van der Waals surface area contributed by atoms with Crippen LogP contribution in [0.5, 0.6) is 0 Å². The lowest BCUT2D eigenvalue weighted by molar-refractivity contribution is 0.157. The van der Waals surface area contributed by atoms with Crippen LogP contribution in [0, 0.1) is 6.92 Å². The zero-order chi connectivity index (χ0) is 11.3. The fourth-order valence-corrected chi connectivity index (χ4v) is 1.34. The summed E-state index contributed by atoms with van der Waals surface area (Å²) in [5, 5.41) is 8.94. The number of aryl methyl sites for hydroxylation is 2. The quantitative estimate of drug-likeness (QED) is 0.777. The first kappa shape index (κ1) is 12.1. The van der Waals surface area contributed by atoms with Crippen molar-refractivity contribution >= 4 is 0 Å². The van der Waals surface area contributed by atoms with Gasteiger partial charge in [0.15, 0.2) is 0 Å². The van der Waals surface area contributed by atoms with Crippen LogP contribution in [0.15, 0.2) is 24.3 Å². The van der Waals surface area contributed by atoms with Crippen molar-refractivity contribution in [2.75, 3.05) is 13.3 Å². The van der Waals surface area contributed by atoms with E-state index in [-0.39, 0.29) is 6.61 Å². The fourth-order valence-electron chi connectivity index (χ4n) is 1.34. The molecule has 1 aromatic carbocycles. The van der Waals surface area contributed by atoms with Crippen LogP contribution in [0.4, 0.5) is 4.39 Å². The Morgan fingerprint density at radius 2 is 1.93 bits per heavy atom. The van der Waals surface area contributed by atoms with E-state index in [1.54, 1.807) is 0 Å². The highest BCUT2D eigenvalue weighted by molar-refractivity contribution is 5.21. The number of aliphatic hydroxyl groups is 1. The number of nitrogens with two attached hydrogens (primary N) is 1. The topological polar surface area (TPSA) is 46.2 Å². The Bertz CT molecular complexity index is 293. The van der Waals surface area contributed by atoms with Crippen molar-refractivity contribution in [2.24, 2.45) is 5.73 Å². The highest BCUT2D eigenvalue weighted by Gasteiger charge is 2.23. The molecule has 1 rings (SSSR count). The predicted molar refractivity (Wildman–Crippen MR) is 59.5 cm³/mol. The Balaban J connectivity index is 2.53. The fraction of sp³-hybridized carbons (Fsp3) is 0.500. The Labute approximate surface area is 89.9 Å². The van der Waals surface area contributed by atoms with Gasteiger partial charge in [0.1, 0.15) is 6.67 Å². The molecule has 1 aromatic rings. The molecule has 0 aromatic heterocycles. The SMILES string of the molecule is Cc1ccc(CC[C@@](N)(CO)CF)cc1. The average molecular weight is 211 g/mol. The molecule has 0 spiro atoms. The van der Waals surface area contributed by atoms with Crippen LogP contribution in [0.2, 0.25) is 0 Å². The molecular weight excluding hydrogens is 193 g/mol. The van der Waals surface area contributed by atoms with Gasteiger partial charge >= 0.3 is 0 Å². The maximum absolute atomic E-state index is 12.5. The lowest BCUT2D eigenvalue weighted by atomic mass is 9.94. The summed E-state index contributed by atoms with van der Waals surface area (Å²) in [5.41, 5.74) is 6.89. The Hall–Kier alpha value is -0.930. The number of rotatable bonds is 5. The van der Waals surface area contributed by atoms with E-state index in [0.29, 0.717) is 12.8 Å². The van der Waals surface area contributed by atoms with Crippen molar-refractivity contribution in [3.63, 3.8) is 0 Å². The molecule has 0 bridgehead atoms. The van der Waals surface area contributed by atoms with Crippen molar-refractivity contribution < 1.29 is 9.50 Å². The molecule has 84 valence electrons. The van der Waals surface area contributed by atoms with E-state index < -0.39 is 12.2 Å². The van der Waals surface area contributed by atoms with Gasteiger partial charge in [0.2, 0.25) is 0 Å². The van der Waals surface area contributed by atoms with Gasteiger partial charge in [-0.3, -0.25) is 0 Å². The maximum Gasteiger partial charge on any atom is 0.110 e. The third-order valence-corrected chi connectivity index (χ3v) is 2.61. The Kier molecular flexibility index (Phi) is 4.24. The van der Waals surface area contributed by atoms with E-state index in [1.165, 1.54) is 5.56 Å². The minimum absolute atomic E-state index is 0.310. The monoisotopic (exact) mass is 211 g/mol. The highest BCUT2D eigenvalue weighted by atomic mass is 19.1. The first-order valence-corrected chi connectivity index (χ1v) is 5.11. The Morgan fingerprint density at radius 1 is 1.33 bits per heavy atom. The van der Waals surface area contributed by atoms with Crippen molar-refractivity contribution in [2.45, 2.75) is 25.3 Å². The molecule has 2 nitrogen and oxygen atoms in total. The maximum atomic E-state index is 12.5. The van der Waals surface area contributed by atoms with Crippen molar-refractivity contribution in [3.8, 4) is 0 Å². The molecule has 0 amide bonds. The predicted octanol–water partition coefficient (Wildman–Crippen LogP) is 1.59. The molecule has 3 N–H and O–H groups in total. The summed E-state index contributed by atoms with van der Waals surface area (Å²) in [6.45, 7) is 1.02. The van der Waals surface area contributed by atoms with Crippen LogP contribution < -0.4 is 5.73 Å². The summed E-state index contributed by atoms with van der Waals surface area (Å²) in [4.78, 5) is 0. The van der Waals surface area contributed by atoms with Crippen LogP contribution in [0.25, 0.3) is 0 Å². The summed E-state index contributed by atoms with van der Waals surface area (Å²) in [6, 6.07) is 8.04. The van der Waals surface area contributed by atoms with E-state index in [1.807, 2.05) is 31.2 Å². The van der Waals surface area contributed by atoms with Gasteiger partial charge in [0.05, 0.1) is 12.1 Å². The molecule has 0 heterocycles. The second-order valence-electron chi connectivity index (χ2n) is 4.14. The highest BCUT2D eigenvalue weighted by Crippen LogP contribution is 2.13. The second kappa shape index (κ2) is 5.24. The molecule has 0 aliphatic rings. The second-order valence-corrected chi connectivity index (χ2v) is 4.14. The molecule has 0 unspecified atom stereocenters. The lowest BCUT2D eigenvalue weighted by Crippen LogP contribution is -2.46. The largest absolute Gasteiger partial charge is 0.394 e. The molecule has 15 heavy (non-hydrogen) atoms. The molecular formula is C12H18FNO. The zero-order valence-electron chi connectivity index (χ0n) is 9.04. The Morgan fingerprint density at radius 3 is 2.40 bits per heavy atom. The van der Waals surface area contributed by atoms with Crippen LogP contribution in [0.3, 0.4) is 0 Å². The van der Waals surface area contributed by atoms with Crippen molar-refractivity contribution in [1.29, 1.82) is 0 Å². The molecule has 0 aliphatic carbocycles. The van der Waals surface area contributed by atoms with E-state index >= 15 is 0 Å².